The molecular formula is C18H17N3O2. The van der Waals surface area contributed by atoms with Crippen LogP contribution in [-0.4, -0.2) is 27.6 Å². The van der Waals surface area contributed by atoms with Crippen LogP contribution in [0.3, 0.4) is 0 Å². The van der Waals surface area contributed by atoms with Gasteiger partial charge >= 0.3 is 5.97 Å². The van der Waals surface area contributed by atoms with Gasteiger partial charge in [-0.2, -0.15) is 0 Å². The van der Waals surface area contributed by atoms with E-state index in [0.717, 1.165) is 17.6 Å². The van der Waals surface area contributed by atoms with E-state index in [1.165, 1.54) is 0 Å². The molecule has 23 heavy (non-hydrogen) atoms. The van der Waals surface area contributed by atoms with E-state index in [-0.39, 0.29) is 12.6 Å². The van der Waals surface area contributed by atoms with Gasteiger partial charge < -0.3 is 4.74 Å². The summed E-state index contributed by atoms with van der Waals surface area (Å²) < 4.78 is 7.04. The van der Waals surface area contributed by atoms with Gasteiger partial charge in [0, 0.05) is 6.54 Å². The van der Waals surface area contributed by atoms with Crippen molar-refractivity contribution in [3.8, 4) is 0 Å². The summed E-state index contributed by atoms with van der Waals surface area (Å²) in [5, 5.41) is 8.09. The number of carbonyl (C=O) groups is 1. The number of benzene rings is 2. The van der Waals surface area contributed by atoms with Gasteiger partial charge in [-0.3, -0.25) is 0 Å². The van der Waals surface area contributed by atoms with E-state index in [2.05, 4.69) is 10.3 Å². The van der Waals surface area contributed by atoms with Gasteiger partial charge in [-0.15, -0.1) is 5.10 Å². The molecule has 0 radical (unpaired) electrons. The zero-order chi connectivity index (χ0) is 16.1. The van der Waals surface area contributed by atoms with Gasteiger partial charge in [0.05, 0.1) is 11.1 Å². The van der Waals surface area contributed by atoms with Crippen LogP contribution in [-0.2, 0) is 11.3 Å². The third-order valence-corrected chi connectivity index (χ3v) is 3.47. The van der Waals surface area contributed by atoms with Crippen LogP contribution in [0.4, 0.5) is 0 Å². The summed E-state index contributed by atoms with van der Waals surface area (Å²) in [6.07, 6.45) is 3.74. The second-order valence-corrected chi connectivity index (χ2v) is 5.02. The van der Waals surface area contributed by atoms with Crippen molar-refractivity contribution in [3.63, 3.8) is 0 Å². The molecule has 0 aliphatic carbocycles. The van der Waals surface area contributed by atoms with Crippen molar-refractivity contribution in [2.75, 3.05) is 6.61 Å². The summed E-state index contributed by atoms with van der Waals surface area (Å²) in [6, 6.07) is 15.2. The molecule has 0 spiro atoms. The zero-order valence-electron chi connectivity index (χ0n) is 12.8. The SMILES string of the molecule is CCn1nnc2cc(C(=O)OC/C=C\c3ccccc3)ccc21. The van der Waals surface area contributed by atoms with Gasteiger partial charge in [0.25, 0.3) is 0 Å². The lowest BCUT2D eigenvalue weighted by molar-refractivity contribution is 0.0550. The third-order valence-electron chi connectivity index (χ3n) is 3.47. The highest BCUT2D eigenvalue weighted by molar-refractivity contribution is 5.93. The summed E-state index contributed by atoms with van der Waals surface area (Å²) in [5.74, 6) is -0.365. The molecule has 0 atom stereocenters. The number of ether oxygens (including phenoxy) is 1. The first-order valence-corrected chi connectivity index (χ1v) is 7.50. The Bertz CT molecular complexity index is 838. The van der Waals surface area contributed by atoms with Crippen molar-refractivity contribution in [1.82, 2.24) is 15.0 Å². The Labute approximate surface area is 134 Å². The normalized spacial score (nSPS) is 11.2. The summed E-state index contributed by atoms with van der Waals surface area (Å²) in [4.78, 5) is 12.1. The Kier molecular flexibility index (Phi) is 4.47. The highest BCUT2D eigenvalue weighted by Gasteiger charge is 2.10. The van der Waals surface area contributed by atoms with Crippen LogP contribution < -0.4 is 0 Å². The molecule has 3 rings (SSSR count). The molecule has 1 aromatic heterocycles. The molecule has 0 saturated carbocycles. The number of nitrogens with zero attached hydrogens (tertiary/aromatic N) is 3. The number of hydrogen-bond acceptors (Lipinski definition) is 4. The predicted octanol–water partition coefficient (Wildman–Crippen LogP) is 3.32. The van der Waals surface area contributed by atoms with Gasteiger partial charge in [-0.05, 0) is 36.8 Å². The Hall–Kier alpha value is -2.95. The highest BCUT2D eigenvalue weighted by Crippen LogP contribution is 2.14. The van der Waals surface area contributed by atoms with Crippen molar-refractivity contribution in [2.24, 2.45) is 0 Å². The molecule has 0 aliphatic rings. The molecule has 0 bridgehead atoms. The molecular weight excluding hydrogens is 290 g/mol. The van der Waals surface area contributed by atoms with E-state index in [1.54, 1.807) is 16.8 Å². The van der Waals surface area contributed by atoms with Crippen LogP contribution in [0.1, 0.15) is 22.8 Å². The fourth-order valence-corrected chi connectivity index (χ4v) is 2.29. The smallest absolute Gasteiger partial charge is 0.338 e. The van der Waals surface area contributed by atoms with Gasteiger partial charge in [-0.1, -0.05) is 41.6 Å². The average molecular weight is 307 g/mol. The van der Waals surface area contributed by atoms with Crippen molar-refractivity contribution >= 4 is 23.1 Å². The standard InChI is InChI=1S/C18H17N3O2/c1-2-21-17-11-10-15(13-16(17)19-20-21)18(22)23-12-6-9-14-7-4-3-5-8-14/h3-11,13H,2,12H2,1H3/b9-6-. The molecule has 2 aromatic carbocycles. The quantitative estimate of drug-likeness (QED) is 0.678. The van der Waals surface area contributed by atoms with E-state index in [4.69, 9.17) is 4.74 Å². The predicted molar refractivity (Wildman–Crippen MR) is 89.0 cm³/mol. The molecule has 3 aromatic rings. The molecule has 1 heterocycles. The molecule has 116 valence electrons. The number of carbonyl (C=O) groups excluding carboxylic acids is 1. The van der Waals surface area contributed by atoms with Crippen LogP contribution in [0, 0.1) is 0 Å². The molecule has 0 N–H and O–H groups in total. The number of esters is 1. The first kappa shape index (κ1) is 15.0. The Balaban J connectivity index is 1.63. The van der Waals surface area contributed by atoms with Crippen molar-refractivity contribution in [1.29, 1.82) is 0 Å². The second kappa shape index (κ2) is 6.87. The van der Waals surface area contributed by atoms with Crippen molar-refractivity contribution in [2.45, 2.75) is 13.5 Å². The molecule has 0 aliphatic heterocycles. The number of fused-ring (bicyclic) bond motifs is 1. The molecule has 0 unspecified atom stereocenters. The van der Waals surface area contributed by atoms with Crippen LogP contribution >= 0.6 is 0 Å². The summed E-state index contributed by atoms with van der Waals surface area (Å²) in [7, 11) is 0. The summed E-state index contributed by atoms with van der Waals surface area (Å²) >= 11 is 0. The fraction of sp³-hybridized carbons (Fsp3) is 0.167. The zero-order valence-corrected chi connectivity index (χ0v) is 12.8. The molecule has 0 amide bonds. The molecule has 5 nitrogen and oxygen atoms in total. The monoisotopic (exact) mass is 307 g/mol. The third kappa shape index (κ3) is 3.45. The number of aromatic nitrogens is 3. The first-order valence-electron chi connectivity index (χ1n) is 7.50. The highest BCUT2D eigenvalue weighted by atomic mass is 16.5. The minimum Gasteiger partial charge on any atom is -0.458 e. The van der Waals surface area contributed by atoms with Crippen molar-refractivity contribution < 1.29 is 9.53 Å². The number of hydrogen-bond donors (Lipinski definition) is 0. The second-order valence-electron chi connectivity index (χ2n) is 5.02. The van der Waals surface area contributed by atoms with Gasteiger partial charge in [0.2, 0.25) is 0 Å². The lowest BCUT2D eigenvalue weighted by atomic mass is 10.2. The van der Waals surface area contributed by atoms with E-state index < -0.39 is 0 Å². The van der Waals surface area contributed by atoms with Crippen LogP contribution in [0.25, 0.3) is 17.1 Å². The Morgan fingerprint density at radius 2 is 2.04 bits per heavy atom. The summed E-state index contributed by atoms with van der Waals surface area (Å²) in [6.45, 7) is 2.97. The van der Waals surface area contributed by atoms with E-state index in [9.17, 15) is 4.79 Å². The van der Waals surface area contributed by atoms with Crippen LogP contribution in [0.15, 0.2) is 54.6 Å². The Morgan fingerprint density at radius 3 is 2.83 bits per heavy atom. The van der Waals surface area contributed by atoms with E-state index >= 15 is 0 Å². The lowest BCUT2D eigenvalue weighted by Crippen LogP contribution is -2.05. The topological polar surface area (TPSA) is 57.0 Å². The van der Waals surface area contributed by atoms with E-state index in [1.807, 2.05) is 55.5 Å². The number of aryl methyl sites for hydroxylation is 1. The minimum atomic E-state index is -0.365. The first-order chi connectivity index (χ1) is 11.3. The molecule has 5 heteroatoms. The largest absolute Gasteiger partial charge is 0.458 e. The fourth-order valence-electron chi connectivity index (χ4n) is 2.29. The minimum absolute atomic E-state index is 0.230. The lowest BCUT2D eigenvalue weighted by Gasteiger charge is -2.02. The van der Waals surface area contributed by atoms with E-state index in [0.29, 0.717) is 11.1 Å². The molecule has 0 fully saturated rings. The Morgan fingerprint density at radius 1 is 1.22 bits per heavy atom. The molecule has 0 saturated heterocycles. The van der Waals surface area contributed by atoms with Crippen LogP contribution in [0.5, 0.6) is 0 Å². The number of rotatable bonds is 5. The maximum absolute atomic E-state index is 12.1. The van der Waals surface area contributed by atoms with Gasteiger partial charge in [0.1, 0.15) is 12.1 Å². The van der Waals surface area contributed by atoms with Gasteiger partial charge in [-0.25, -0.2) is 9.48 Å². The van der Waals surface area contributed by atoms with Crippen molar-refractivity contribution in [3.05, 3.63) is 65.7 Å². The summed E-state index contributed by atoms with van der Waals surface area (Å²) in [5.41, 5.74) is 3.16. The maximum atomic E-state index is 12.1. The maximum Gasteiger partial charge on any atom is 0.338 e. The average Bonchev–Trinajstić information content (AvgIpc) is 3.01. The van der Waals surface area contributed by atoms with Crippen LogP contribution in [0.2, 0.25) is 0 Å². The van der Waals surface area contributed by atoms with Gasteiger partial charge in [0.15, 0.2) is 0 Å².